The first-order valence-corrected chi connectivity index (χ1v) is 7.02. The van der Waals surface area contributed by atoms with Crippen LogP contribution < -0.4 is 0 Å². The average molecular weight is 344 g/mol. The molecule has 20 heavy (non-hydrogen) atoms. The monoisotopic (exact) mass is 343 g/mol. The lowest BCUT2D eigenvalue weighted by Crippen LogP contribution is -2.47. The number of benzene rings is 1. The van der Waals surface area contributed by atoms with E-state index in [1.165, 1.54) is 24.8 Å². The minimum atomic E-state index is -1.47. The molecule has 0 atom stereocenters. The Kier molecular flexibility index (Phi) is 3.86. The molecule has 1 aromatic rings. The van der Waals surface area contributed by atoms with Crippen LogP contribution in [-0.2, 0) is 22.6 Å². The summed E-state index contributed by atoms with van der Waals surface area (Å²) in [5.41, 5.74) is -0.148. The van der Waals surface area contributed by atoms with Crippen molar-refractivity contribution in [3.63, 3.8) is 0 Å². The number of fused-ring (bicyclic) bond motifs is 1. The number of rotatable bonds is 2. The Bertz CT molecular complexity index is 586. The van der Waals surface area contributed by atoms with Crippen LogP contribution in [0.1, 0.15) is 25.0 Å². The minimum absolute atomic E-state index is 0.237. The van der Waals surface area contributed by atoms with Crippen LogP contribution in [0.3, 0.4) is 0 Å². The second kappa shape index (κ2) is 5.16. The second-order valence-corrected chi connectivity index (χ2v) is 6.35. The van der Waals surface area contributed by atoms with Gasteiger partial charge in [0.25, 0.3) is 0 Å². The first-order valence-electron chi connectivity index (χ1n) is 6.23. The van der Waals surface area contributed by atoms with Crippen molar-refractivity contribution < 1.29 is 19.1 Å². The summed E-state index contributed by atoms with van der Waals surface area (Å²) in [7, 11) is 0. The molecule has 2 rings (SSSR count). The summed E-state index contributed by atoms with van der Waals surface area (Å²) in [6.07, 6.45) is 0.399. The molecule has 1 aliphatic rings. The number of carboxylic acids is 1. The van der Waals surface area contributed by atoms with Crippen LogP contribution in [0, 0.1) is 11.2 Å². The zero-order valence-electron chi connectivity index (χ0n) is 11.2. The summed E-state index contributed by atoms with van der Waals surface area (Å²) in [4.78, 5) is 24.9. The first-order chi connectivity index (χ1) is 9.23. The summed E-state index contributed by atoms with van der Waals surface area (Å²) in [6, 6.07) is 3.17. The van der Waals surface area contributed by atoms with Gasteiger partial charge in [-0.2, -0.15) is 0 Å². The standard InChI is InChI=1S/C14H15BrFNO3/c1-14(2,13(19)20)12(18)17-4-3-10-8(7-17)5-9(15)6-11(10)16/h5-6H,3-4,7H2,1-2H3,(H,19,20). The number of carbonyl (C=O) groups excluding carboxylic acids is 1. The third-order valence-electron chi connectivity index (χ3n) is 3.60. The Morgan fingerprint density at radius 3 is 2.65 bits per heavy atom. The second-order valence-electron chi connectivity index (χ2n) is 5.43. The third-order valence-corrected chi connectivity index (χ3v) is 4.06. The molecule has 0 fully saturated rings. The van der Waals surface area contributed by atoms with Gasteiger partial charge in [0.2, 0.25) is 5.91 Å². The van der Waals surface area contributed by atoms with Crippen molar-refractivity contribution in [2.75, 3.05) is 6.54 Å². The van der Waals surface area contributed by atoms with E-state index < -0.39 is 17.3 Å². The lowest BCUT2D eigenvalue weighted by atomic mass is 9.90. The molecule has 108 valence electrons. The highest BCUT2D eigenvalue weighted by Gasteiger charge is 2.40. The molecule has 0 saturated carbocycles. The molecule has 4 nitrogen and oxygen atoms in total. The van der Waals surface area contributed by atoms with Gasteiger partial charge in [-0.3, -0.25) is 9.59 Å². The molecule has 1 N–H and O–H groups in total. The van der Waals surface area contributed by atoms with Crippen molar-refractivity contribution >= 4 is 27.8 Å². The highest BCUT2D eigenvalue weighted by Crippen LogP contribution is 2.28. The van der Waals surface area contributed by atoms with Crippen LogP contribution in [-0.4, -0.2) is 28.4 Å². The Hall–Kier alpha value is -1.43. The summed E-state index contributed by atoms with van der Waals surface area (Å²) in [5, 5.41) is 9.11. The van der Waals surface area contributed by atoms with E-state index in [0.29, 0.717) is 23.0 Å². The van der Waals surface area contributed by atoms with Gasteiger partial charge in [-0.05, 0) is 43.5 Å². The summed E-state index contributed by atoms with van der Waals surface area (Å²) in [6.45, 7) is 3.34. The van der Waals surface area contributed by atoms with Crippen molar-refractivity contribution in [3.8, 4) is 0 Å². The van der Waals surface area contributed by atoms with E-state index in [9.17, 15) is 14.0 Å². The molecule has 0 aromatic heterocycles. The van der Waals surface area contributed by atoms with Gasteiger partial charge in [0.15, 0.2) is 0 Å². The Morgan fingerprint density at radius 2 is 2.05 bits per heavy atom. The predicted octanol–water partition coefficient (Wildman–Crippen LogP) is 2.58. The normalized spacial score (nSPS) is 14.9. The topological polar surface area (TPSA) is 57.6 Å². The Morgan fingerprint density at radius 1 is 1.40 bits per heavy atom. The Labute approximate surface area is 124 Å². The SMILES string of the molecule is CC(C)(C(=O)O)C(=O)N1CCc2c(F)cc(Br)cc2C1. The van der Waals surface area contributed by atoms with Gasteiger partial charge in [0, 0.05) is 17.6 Å². The maximum absolute atomic E-state index is 13.8. The number of carbonyl (C=O) groups is 2. The zero-order valence-corrected chi connectivity index (χ0v) is 12.8. The van der Waals surface area contributed by atoms with Crippen LogP contribution in [0.5, 0.6) is 0 Å². The quantitative estimate of drug-likeness (QED) is 0.839. The van der Waals surface area contributed by atoms with E-state index >= 15 is 0 Å². The van der Waals surface area contributed by atoms with Gasteiger partial charge in [-0.15, -0.1) is 0 Å². The van der Waals surface area contributed by atoms with Gasteiger partial charge >= 0.3 is 5.97 Å². The molecule has 6 heteroatoms. The van der Waals surface area contributed by atoms with Gasteiger partial charge < -0.3 is 10.0 Å². The number of nitrogens with zero attached hydrogens (tertiary/aromatic N) is 1. The minimum Gasteiger partial charge on any atom is -0.480 e. The number of amides is 1. The summed E-state index contributed by atoms with van der Waals surface area (Å²) < 4.78 is 14.4. The maximum atomic E-state index is 13.8. The zero-order chi connectivity index (χ0) is 15.1. The molecule has 0 radical (unpaired) electrons. The molecule has 0 aliphatic carbocycles. The van der Waals surface area contributed by atoms with Crippen LogP contribution in [0.4, 0.5) is 4.39 Å². The number of aliphatic carboxylic acids is 1. The number of halogens is 2. The van der Waals surface area contributed by atoms with Gasteiger partial charge in [-0.25, -0.2) is 4.39 Å². The van der Waals surface area contributed by atoms with Crippen molar-refractivity contribution in [1.82, 2.24) is 4.90 Å². The highest BCUT2D eigenvalue weighted by atomic mass is 79.9. The predicted molar refractivity (Wildman–Crippen MR) is 74.6 cm³/mol. The fourth-order valence-electron chi connectivity index (χ4n) is 2.27. The molecule has 0 bridgehead atoms. The Balaban J connectivity index is 2.28. The molecule has 0 saturated heterocycles. The maximum Gasteiger partial charge on any atom is 0.318 e. The lowest BCUT2D eigenvalue weighted by molar-refractivity contribution is -0.158. The van der Waals surface area contributed by atoms with Gasteiger partial charge in [0.05, 0.1) is 0 Å². The molecule has 1 aromatic carbocycles. The van der Waals surface area contributed by atoms with Crippen LogP contribution >= 0.6 is 15.9 Å². The molecular formula is C14H15BrFNO3. The van der Waals surface area contributed by atoms with Crippen molar-refractivity contribution in [1.29, 1.82) is 0 Å². The fraction of sp³-hybridized carbons (Fsp3) is 0.429. The van der Waals surface area contributed by atoms with Crippen molar-refractivity contribution in [3.05, 3.63) is 33.5 Å². The molecular weight excluding hydrogens is 329 g/mol. The average Bonchev–Trinajstić information content (AvgIpc) is 2.36. The highest BCUT2D eigenvalue weighted by molar-refractivity contribution is 9.10. The number of carboxylic acid groups (broad SMARTS) is 1. The molecule has 1 amide bonds. The van der Waals surface area contributed by atoms with E-state index in [4.69, 9.17) is 5.11 Å². The number of hydrogen-bond acceptors (Lipinski definition) is 2. The largest absolute Gasteiger partial charge is 0.480 e. The smallest absolute Gasteiger partial charge is 0.318 e. The third kappa shape index (κ3) is 2.57. The van der Waals surface area contributed by atoms with E-state index in [-0.39, 0.29) is 12.4 Å². The molecule has 0 spiro atoms. The molecule has 1 heterocycles. The van der Waals surface area contributed by atoms with Crippen LogP contribution in [0.2, 0.25) is 0 Å². The van der Waals surface area contributed by atoms with E-state index in [1.54, 1.807) is 6.07 Å². The van der Waals surface area contributed by atoms with Crippen molar-refractivity contribution in [2.24, 2.45) is 5.41 Å². The first kappa shape index (κ1) is 15.0. The van der Waals surface area contributed by atoms with Crippen molar-refractivity contribution in [2.45, 2.75) is 26.8 Å². The van der Waals surface area contributed by atoms with Gasteiger partial charge in [-0.1, -0.05) is 15.9 Å². The van der Waals surface area contributed by atoms with Gasteiger partial charge in [0.1, 0.15) is 11.2 Å². The van der Waals surface area contributed by atoms with Crippen LogP contribution in [0.25, 0.3) is 0 Å². The fourth-order valence-corrected chi connectivity index (χ4v) is 2.75. The number of hydrogen-bond donors (Lipinski definition) is 1. The molecule has 0 unspecified atom stereocenters. The molecule has 1 aliphatic heterocycles. The van der Waals surface area contributed by atoms with E-state index in [0.717, 1.165) is 5.56 Å². The summed E-state index contributed by atoms with van der Waals surface area (Å²) in [5.74, 6) is -1.90. The lowest BCUT2D eigenvalue weighted by Gasteiger charge is -2.33. The van der Waals surface area contributed by atoms with E-state index in [2.05, 4.69) is 15.9 Å². The van der Waals surface area contributed by atoms with Crippen LogP contribution in [0.15, 0.2) is 16.6 Å². The van der Waals surface area contributed by atoms with E-state index in [1.807, 2.05) is 0 Å². The summed E-state index contributed by atoms with van der Waals surface area (Å²) >= 11 is 3.22.